The maximum Gasteiger partial charge on any atom is 0.253 e. The highest BCUT2D eigenvalue weighted by Gasteiger charge is 2.35. The quantitative estimate of drug-likeness (QED) is 0.658. The molecule has 15 heavy (non-hydrogen) atoms. The van der Waals surface area contributed by atoms with Crippen molar-refractivity contribution in [3.8, 4) is 0 Å². The van der Waals surface area contributed by atoms with Crippen LogP contribution >= 0.6 is 0 Å². The van der Waals surface area contributed by atoms with Crippen LogP contribution in [0.3, 0.4) is 0 Å². The summed E-state index contributed by atoms with van der Waals surface area (Å²) < 4.78 is 4.94. The lowest BCUT2D eigenvalue weighted by Gasteiger charge is -2.37. The molecule has 0 radical (unpaired) electrons. The van der Waals surface area contributed by atoms with E-state index in [1.807, 2.05) is 0 Å². The Morgan fingerprint density at radius 1 is 1.47 bits per heavy atom. The summed E-state index contributed by atoms with van der Waals surface area (Å²) in [7, 11) is 0. The number of carbonyl (C=O) groups excluding carboxylic acids is 2. The summed E-state index contributed by atoms with van der Waals surface area (Å²) in [5.41, 5.74) is 5.73. The Kier molecular flexibility index (Phi) is 2.45. The molecule has 1 saturated heterocycles. The maximum absolute atomic E-state index is 11.7. The van der Waals surface area contributed by atoms with E-state index in [9.17, 15) is 9.59 Å². The van der Waals surface area contributed by atoms with E-state index in [0.717, 1.165) is 0 Å². The molecule has 0 aliphatic carbocycles. The smallest absolute Gasteiger partial charge is 0.253 e. The molecule has 2 aliphatic rings. The van der Waals surface area contributed by atoms with Crippen LogP contribution in [0.1, 0.15) is 0 Å². The van der Waals surface area contributed by atoms with Gasteiger partial charge in [-0.15, -0.1) is 0 Å². The second kappa shape index (κ2) is 3.76. The molecule has 5 heteroatoms. The first kappa shape index (κ1) is 9.76. The lowest BCUT2D eigenvalue weighted by Crippen LogP contribution is -2.55. The zero-order valence-corrected chi connectivity index (χ0v) is 8.18. The summed E-state index contributed by atoms with van der Waals surface area (Å²) in [5, 5.41) is 0. The molecule has 0 atom stereocenters. The molecule has 0 aromatic heterocycles. The summed E-state index contributed by atoms with van der Waals surface area (Å²) >= 11 is 0. The average Bonchev–Trinajstić information content (AvgIpc) is 2.16. The third kappa shape index (κ3) is 1.86. The molecule has 2 rings (SSSR count). The number of hydrogen-bond acceptors (Lipinski definition) is 3. The molecule has 0 saturated carbocycles. The number of nitrogens with two attached hydrogens (primary N) is 1. The third-order valence-electron chi connectivity index (χ3n) is 2.56. The molecular weight excluding hydrogens is 196 g/mol. The van der Waals surface area contributed by atoms with E-state index in [0.29, 0.717) is 25.3 Å². The van der Waals surface area contributed by atoms with Crippen LogP contribution in [-0.2, 0) is 14.3 Å². The third-order valence-corrected chi connectivity index (χ3v) is 2.56. The summed E-state index contributed by atoms with van der Waals surface area (Å²) in [6, 6.07) is 0. The van der Waals surface area contributed by atoms with Gasteiger partial charge < -0.3 is 15.4 Å². The molecule has 2 N–H and O–H groups in total. The molecule has 0 spiro atoms. The number of hydrogen-bond donors (Lipinski definition) is 1. The van der Waals surface area contributed by atoms with Gasteiger partial charge in [-0.3, -0.25) is 9.59 Å². The van der Waals surface area contributed by atoms with Crippen LogP contribution in [0, 0.1) is 5.92 Å². The van der Waals surface area contributed by atoms with E-state index in [1.165, 1.54) is 6.26 Å². The van der Waals surface area contributed by atoms with Crippen LogP contribution in [0.2, 0.25) is 0 Å². The van der Waals surface area contributed by atoms with E-state index < -0.39 is 0 Å². The van der Waals surface area contributed by atoms with Gasteiger partial charge in [-0.05, 0) is 12.2 Å². The van der Waals surface area contributed by atoms with Gasteiger partial charge in [0.15, 0.2) is 0 Å². The highest BCUT2D eigenvalue weighted by Crippen LogP contribution is 2.19. The van der Waals surface area contributed by atoms with Gasteiger partial charge in [0.2, 0.25) is 5.91 Å². The first-order chi connectivity index (χ1) is 7.18. The fourth-order valence-electron chi connectivity index (χ4n) is 1.55. The molecule has 0 bridgehead atoms. The van der Waals surface area contributed by atoms with E-state index in [-0.39, 0.29) is 17.7 Å². The first-order valence-electron chi connectivity index (χ1n) is 4.75. The van der Waals surface area contributed by atoms with E-state index in [1.54, 1.807) is 17.1 Å². The van der Waals surface area contributed by atoms with Gasteiger partial charge in [0.05, 0.1) is 12.2 Å². The normalized spacial score (nSPS) is 20.3. The van der Waals surface area contributed by atoms with E-state index in [2.05, 4.69) is 0 Å². The zero-order chi connectivity index (χ0) is 10.8. The standard InChI is InChI=1S/C10H12N2O3/c11-9(13)8-5-12(6-8)10(14)7-1-3-15-4-2-7/h1-3,8H,4-6H2,(H2,11,13). The van der Waals surface area contributed by atoms with Gasteiger partial charge in [-0.2, -0.15) is 0 Å². The molecule has 80 valence electrons. The molecule has 2 aliphatic heterocycles. The van der Waals surface area contributed by atoms with Gasteiger partial charge in [0, 0.05) is 18.7 Å². The van der Waals surface area contributed by atoms with Gasteiger partial charge in [0.1, 0.15) is 6.61 Å². The fraction of sp³-hybridized carbons (Fsp3) is 0.400. The number of ether oxygens (including phenoxy) is 1. The Bertz CT molecular complexity index is 354. The van der Waals surface area contributed by atoms with Gasteiger partial charge in [0.25, 0.3) is 5.91 Å². The molecule has 0 unspecified atom stereocenters. The zero-order valence-electron chi connectivity index (χ0n) is 8.18. The number of nitrogens with zero attached hydrogens (tertiary/aromatic N) is 1. The number of likely N-dealkylation sites (tertiary alicyclic amines) is 1. The Balaban J connectivity index is 1.91. The molecule has 2 heterocycles. The van der Waals surface area contributed by atoms with Crippen molar-refractivity contribution in [2.75, 3.05) is 19.7 Å². The van der Waals surface area contributed by atoms with Gasteiger partial charge in [-0.25, -0.2) is 0 Å². The predicted octanol–water partition coefficient (Wildman–Crippen LogP) is -0.600. The largest absolute Gasteiger partial charge is 0.497 e. The second-order valence-corrected chi connectivity index (χ2v) is 3.60. The summed E-state index contributed by atoms with van der Waals surface area (Å²) in [6.45, 7) is 1.28. The Labute approximate surface area is 87.2 Å². The average molecular weight is 208 g/mol. The number of carbonyl (C=O) groups is 2. The number of primary amides is 1. The maximum atomic E-state index is 11.7. The molecule has 2 amide bonds. The first-order valence-corrected chi connectivity index (χ1v) is 4.75. The van der Waals surface area contributed by atoms with Crippen LogP contribution in [0.15, 0.2) is 24.0 Å². The monoisotopic (exact) mass is 208 g/mol. The number of amides is 2. The van der Waals surface area contributed by atoms with Crippen LogP contribution in [0.4, 0.5) is 0 Å². The molecule has 0 aromatic rings. The molecular formula is C10H12N2O3. The molecule has 5 nitrogen and oxygen atoms in total. The Morgan fingerprint density at radius 3 is 2.73 bits per heavy atom. The van der Waals surface area contributed by atoms with Crippen molar-refractivity contribution in [3.63, 3.8) is 0 Å². The van der Waals surface area contributed by atoms with Crippen molar-refractivity contribution in [3.05, 3.63) is 24.0 Å². The van der Waals surface area contributed by atoms with Crippen LogP contribution in [0.25, 0.3) is 0 Å². The topological polar surface area (TPSA) is 72.6 Å². The number of rotatable bonds is 2. The minimum Gasteiger partial charge on any atom is -0.497 e. The lowest BCUT2D eigenvalue weighted by molar-refractivity contribution is -0.138. The van der Waals surface area contributed by atoms with Crippen LogP contribution in [-0.4, -0.2) is 36.4 Å². The minimum atomic E-state index is -0.337. The minimum absolute atomic E-state index is 0.0629. The summed E-state index contributed by atoms with van der Waals surface area (Å²) in [4.78, 5) is 24.1. The summed E-state index contributed by atoms with van der Waals surface area (Å²) in [5.74, 6) is -0.582. The second-order valence-electron chi connectivity index (χ2n) is 3.60. The Hall–Kier alpha value is -1.78. The van der Waals surface area contributed by atoms with E-state index >= 15 is 0 Å². The van der Waals surface area contributed by atoms with Crippen molar-refractivity contribution in [1.29, 1.82) is 0 Å². The van der Waals surface area contributed by atoms with Crippen molar-refractivity contribution in [2.24, 2.45) is 11.7 Å². The lowest BCUT2D eigenvalue weighted by atomic mass is 9.98. The highest BCUT2D eigenvalue weighted by atomic mass is 16.5. The van der Waals surface area contributed by atoms with E-state index in [4.69, 9.17) is 10.5 Å². The summed E-state index contributed by atoms with van der Waals surface area (Å²) in [6.07, 6.45) is 4.85. The highest BCUT2D eigenvalue weighted by molar-refractivity contribution is 5.97. The van der Waals surface area contributed by atoms with Gasteiger partial charge in [-0.1, -0.05) is 0 Å². The fourth-order valence-corrected chi connectivity index (χ4v) is 1.55. The van der Waals surface area contributed by atoms with Crippen molar-refractivity contribution in [2.45, 2.75) is 0 Å². The Morgan fingerprint density at radius 2 is 2.20 bits per heavy atom. The van der Waals surface area contributed by atoms with Crippen LogP contribution in [0.5, 0.6) is 0 Å². The van der Waals surface area contributed by atoms with Crippen molar-refractivity contribution < 1.29 is 14.3 Å². The SMILES string of the molecule is NC(=O)C1CN(C(=O)C2=CCOC=C2)C1. The van der Waals surface area contributed by atoms with Gasteiger partial charge >= 0.3 is 0 Å². The molecule has 1 fully saturated rings. The van der Waals surface area contributed by atoms with Crippen LogP contribution < -0.4 is 5.73 Å². The molecule has 0 aromatic carbocycles. The van der Waals surface area contributed by atoms with Crippen molar-refractivity contribution in [1.82, 2.24) is 4.90 Å². The predicted molar refractivity (Wildman–Crippen MR) is 52.4 cm³/mol. The van der Waals surface area contributed by atoms with Crippen molar-refractivity contribution >= 4 is 11.8 Å².